The van der Waals surface area contributed by atoms with Crippen molar-refractivity contribution in [1.29, 1.82) is 0 Å². The maximum atomic E-state index is 12.2. The molecule has 4 atom stereocenters. The van der Waals surface area contributed by atoms with Crippen LogP contribution in [0.15, 0.2) is 36.4 Å². The monoisotopic (exact) mass is 390 g/mol. The summed E-state index contributed by atoms with van der Waals surface area (Å²) in [5, 5.41) is 0. The molecule has 3 fully saturated rings. The molecule has 1 aromatic carbocycles. The van der Waals surface area contributed by atoms with Gasteiger partial charge in [-0.25, -0.2) is 4.79 Å². The average Bonchev–Trinajstić information content (AvgIpc) is 3.10. The molecule has 7 nitrogen and oxygen atoms in total. The van der Waals surface area contributed by atoms with E-state index in [0.717, 1.165) is 5.56 Å². The summed E-state index contributed by atoms with van der Waals surface area (Å²) in [5.41, 5.74) is 0.910. The minimum atomic E-state index is -1.23. The molecule has 0 unspecified atom stereocenters. The molecule has 3 heterocycles. The van der Waals surface area contributed by atoms with E-state index in [2.05, 4.69) is 0 Å². The van der Waals surface area contributed by atoms with Crippen LogP contribution in [0, 0.1) is 0 Å². The van der Waals surface area contributed by atoms with Crippen molar-refractivity contribution in [3.05, 3.63) is 42.0 Å². The fraction of sp³-hybridized carbons (Fsp3) is 0.571. The van der Waals surface area contributed by atoms with Crippen molar-refractivity contribution in [2.24, 2.45) is 0 Å². The summed E-state index contributed by atoms with van der Waals surface area (Å²) >= 11 is 0. The Hall–Kier alpha value is -1.77. The fourth-order valence-corrected chi connectivity index (χ4v) is 3.90. The number of esters is 1. The Balaban J connectivity index is 1.46. The molecule has 1 aromatic rings. The smallest absolute Gasteiger partial charge is 0.330 e. The molecule has 0 amide bonds. The predicted octanol–water partition coefficient (Wildman–Crippen LogP) is 2.64. The van der Waals surface area contributed by atoms with Gasteiger partial charge in [-0.3, -0.25) is 0 Å². The summed E-state index contributed by atoms with van der Waals surface area (Å²) in [7, 11) is 0. The molecule has 3 aliphatic rings. The molecule has 152 valence electrons. The van der Waals surface area contributed by atoms with Gasteiger partial charge in [-0.15, -0.1) is 0 Å². The summed E-state index contributed by atoms with van der Waals surface area (Å²) in [6.45, 7) is 7.45. The van der Waals surface area contributed by atoms with Gasteiger partial charge in [0.25, 0.3) is 0 Å². The SMILES string of the molecule is CC1(C)O[C@@H]2[C@@H](CO[C@@]3(COC(=O)/C=C/c4ccccc4)OC(C)(C)O[C@@H]23)O1. The van der Waals surface area contributed by atoms with E-state index < -0.39 is 29.4 Å². The number of ether oxygens (including phenoxy) is 6. The van der Waals surface area contributed by atoms with Crippen LogP contribution in [-0.4, -0.2) is 54.9 Å². The number of fused-ring (bicyclic) bond motifs is 3. The van der Waals surface area contributed by atoms with Gasteiger partial charge in [-0.05, 0) is 39.3 Å². The highest BCUT2D eigenvalue weighted by atomic mass is 16.9. The van der Waals surface area contributed by atoms with Gasteiger partial charge < -0.3 is 28.4 Å². The van der Waals surface area contributed by atoms with E-state index in [1.807, 2.05) is 44.2 Å². The topological polar surface area (TPSA) is 72.5 Å². The third-order valence-corrected chi connectivity index (χ3v) is 4.90. The standard InChI is InChI=1S/C21H26O7/c1-19(2)25-15-12-24-21(18(17(15)26-19)27-20(3,4)28-21)13-23-16(22)11-10-14-8-6-5-7-9-14/h5-11,15,17-18H,12-13H2,1-4H3/b11-10+/t15-,17-,18+,21+/m1/s1. The summed E-state index contributed by atoms with van der Waals surface area (Å²) in [6, 6.07) is 9.52. The van der Waals surface area contributed by atoms with Gasteiger partial charge in [-0.2, -0.15) is 0 Å². The molecule has 28 heavy (non-hydrogen) atoms. The minimum Gasteiger partial charge on any atom is -0.457 e. The van der Waals surface area contributed by atoms with Gasteiger partial charge >= 0.3 is 5.97 Å². The van der Waals surface area contributed by atoms with Crippen molar-refractivity contribution >= 4 is 12.0 Å². The van der Waals surface area contributed by atoms with Crippen molar-refractivity contribution in [1.82, 2.24) is 0 Å². The van der Waals surface area contributed by atoms with E-state index in [4.69, 9.17) is 28.4 Å². The van der Waals surface area contributed by atoms with Gasteiger partial charge in [0.05, 0.1) is 6.61 Å². The molecule has 7 heteroatoms. The number of benzene rings is 1. The van der Waals surface area contributed by atoms with Crippen LogP contribution in [0.25, 0.3) is 6.08 Å². The van der Waals surface area contributed by atoms with E-state index in [-0.39, 0.29) is 25.4 Å². The largest absolute Gasteiger partial charge is 0.457 e. The van der Waals surface area contributed by atoms with Gasteiger partial charge in [-0.1, -0.05) is 30.3 Å². The van der Waals surface area contributed by atoms with Gasteiger partial charge in [0, 0.05) is 6.08 Å². The quantitative estimate of drug-likeness (QED) is 0.578. The molecule has 0 radical (unpaired) electrons. The van der Waals surface area contributed by atoms with Gasteiger partial charge in [0.15, 0.2) is 11.6 Å². The van der Waals surface area contributed by atoms with Crippen molar-refractivity contribution in [2.45, 2.75) is 63.4 Å². The summed E-state index contributed by atoms with van der Waals surface area (Å²) in [4.78, 5) is 12.2. The number of hydrogen-bond donors (Lipinski definition) is 0. The Bertz CT molecular complexity index is 757. The Kier molecular flexibility index (Phi) is 4.84. The lowest BCUT2D eigenvalue weighted by Crippen LogP contribution is -2.60. The van der Waals surface area contributed by atoms with Crippen LogP contribution < -0.4 is 0 Å². The molecule has 0 aromatic heterocycles. The molecule has 4 rings (SSSR count). The lowest BCUT2D eigenvalue weighted by atomic mass is 9.97. The van der Waals surface area contributed by atoms with Crippen molar-refractivity contribution < 1.29 is 33.2 Å². The minimum absolute atomic E-state index is 0.105. The Morgan fingerprint density at radius 3 is 2.61 bits per heavy atom. The number of hydrogen-bond acceptors (Lipinski definition) is 7. The van der Waals surface area contributed by atoms with E-state index in [9.17, 15) is 4.79 Å². The third-order valence-electron chi connectivity index (χ3n) is 4.90. The Labute approximate surface area is 164 Å². The van der Waals surface area contributed by atoms with Crippen LogP contribution in [-0.2, 0) is 33.2 Å². The summed E-state index contributed by atoms with van der Waals surface area (Å²) in [5.74, 6) is -3.35. The van der Waals surface area contributed by atoms with Crippen molar-refractivity contribution in [3.63, 3.8) is 0 Å². The van der Waals surface area contributed by atoms with Gasteiger partial charge in [0.2, 0.25) is 5.79 Å². The second-order valence-electron chi connectivity index (χ2n) is 8.15. The Morgan fingerprint density at radius 2 is 1.86 bits per heavy atom. The van der Waals surface area contributed by atoms with Gasteiger partial charge in [0.1, 0.15) is 24.9 Å². The molecule has 0 N–H and O–H groups in total. The maximum absolute atomic E-state index is 12.2. The highest BCUT2D eigenvalue weighted by Crippen LogP contribution is 2.47. The van der Waals surface area contributed by atoms with Crippen LogP contribution in [0.3, 0.4) is 0 Å². The van der Waals surface area contributed by atoms with Crippen molar-refractivity contribution in [3.8, 4) is 0 Å². The molecule has 3 saturated heterocycles. The van der Waals surface area contributed by atoms with E-state index >= 15 is 0 Å². The number of rotatable bonds is 4. The van der Waals surface area contributed by atoms with Crippen LogP contribution >= 0.6 is 0 Å². The third kappa shape index (κ3) is 3.86. The van der Waals surface area contributed by atoms with Crippen LogP contribution in [0.1, 0.15) is 33.3 Å². The van der Waals surface area contributed by atoms with E-state index in [1.165, 1.54) is 6.08 Å². The molecule has 3 aliphatic heterocycles. The molecular weight excluding hydrogens is 364 g/mol. The zero-order chi connectivity index (χ0) is 20.0. The van der Waals surface area contributed by atoms with Crippen LogP contribution in [0.5, 0.6) is 0 Å². The highest BCUT2D eigenvalue weighted by Gasteiger charge is 2.65. The Morgan fingerprint density at radius 1 is 1.11 bits per heavy atom. The van der Waals surface area contributed by atoms with E-state index in [1.54, 1.807) is 19.9 Å². The predicted molar refractivity (Wildman–Crippen MR) is 99.0 cm³/mol. The fourth-order valence-electron chi connectivity index (χ4n) is 3.90. The van der Waals surface area contributed by atoms with Crippen LogP contribution in [0.2, 0.25) is 0 Å². The van der Waals surface area contributed by atoms with Crippen molar-refractivity contribution in [2.75, 3.05) is 13.2 Å². The molecule has 0 spiro atoms. The first-order valence-electron chi connectivity index (χ1n) is 9.46. The van der Waals surface area contributed by atoms with Crippen LogP contribution in [0.4, 0.5) is 0 Å². The highest BCUT2D eigenvalue weighted by molar-refractivity contribution is 5.87. The zero-order valence-corrected chi connectivity index (χ0v) is 16.5. The lowest BCUT2D eigenvalue weighted by molar-refractivity contribution is -0.295. The zero-order valence-electron chi connectivity index (χ0n) is 16.5. The molecule has 0 aliphatic carbocycles. The summed E-state index contributed by atoms with van der Waals surface area (Å²) in [6.07, 6.45) is 1.87. The lowest BCUT2D eigenvalue weighted by Gasteiger charge is -2.40. The summed E-state index contributed by atoms with van der Waals surface area (Å²) < 4.78 is 35.5. The molecular formula is C21H26O7. The second-order valence-corrected chi connectivity index (χ2v) is 8.15. The number of carbonyl (C=O) groups excluding carboxylic acids is 1. The first kappa shape index (κ1) is 19.5. The maximum Gasteiger partial charge on any atom is 0.330 e. The molecule has 0 bridgehead atoms. The first-order valence-corrected chi connectivity index (χ1v) is 9.46. The molecule has 0 saturated carbocycles. The average molecular weight is 390 g/mol. The number of carbonyl (C=O) groups is 1. The normalized spacial score (nSPS) is 35.5. The van der Waals surface area contributed by atoms with E-state index in [0.29, 0.717) is 0 Å². The first-order chi connectivity index (χ1) is 13.2. The second kappa shape index (κ2) is 6.93.